The first-order valence-electron chi connectivity index (χ1n) is 7.40. The predicted molar refractivity (Wildman–Crippen MR) is 83.2 cm³/mol. The summed E-state index contributed by atoms with van der Waals surface area (Å²) >= 11 is 0. The van der Waals surface area contributed by atoms with Crippen LogP contribution in [-0.2, 0) is 14.1 Å². The van der Waals surface area contributed by atoms with Crippen molar-refractivity contribution in [2.24, 2.45) is 5.16 Å². The van der Waals surface area contributed by atoms with Gasteiger partial charge in [0.1, 0.15) is 0 Å². The van der Waals surface area contributed by atoms with Gasteiger partial charge in [-0.1, -0.05) is 35.5 Å². The molecule has 1 unspecified atom stereocenters. The summed E-state index contributed by atoms with van der Waals surface area (Å²) < 4.78 is 12.2. The van der Waals surface area contributed by atoms with Crippen LogP contribution in [0, 0.1) is 0 Å². The molecule has 0 aliphatic carbocycles. The highest BCUT2D eigenvalue weighted by molar-refractivity contribution is 6.50. The topological polar surface area (TPSA) is 40.0 Å². The van der Waals surface area contributed by atoms with Crippen LogP contribution in [0.15, 0.2) is 35.5 Å². The van der Waals surface area contributed by atoms with Gasteiger partial charge in [-0.2, -0.15) is 0 Å². The molecule has 0 aromatic heterocycles. The standard InChI is InChI=1S/C16H22BNO3/c1-14(2)15(3,4)20-17(19-14)16(5)11-13(18-21-16)12-9-7-6-8-10-12/h6-10H,11H2,1-5H3. The Morgan fingerprint density at radius 3 is 2.10 bits per heavy atom. The van der Waals surface area contributed by atoms with E-state index in [1.165, 1.54) is 0 Å². The second-order valence-corrected chi connectivity index (χ2v) is 7.07. The van der Waals surface area contributed by atoms with Gasteiger partial charge in [-0.15, -0.1) is 0 Å². The Hall–Kier alpha value is -1.33. The van der Waals surface area contributed by atoms with Crippen molar-refractivity contribution >= 4 is 12.8 Å². The van der Waals surface area contributed by atoms with Gasteiger partial charge in [-0.25, -0.2) is 0 Å². The van der Waals surface area contributed by atoms with Gasteiger partial charge < -0.3 is 14.1 Å². The second-order valence-electron chi connectivity index (χ2n) is 7.07. The summed E-state index contributed by atoms with van der Waals surface area (Å²) in [6, 6.07) is 10.1. The minimum atomic E-state index is -0.587. The maximum atomic E-state index is 6.11. The molecule has 0 spiro atoms. The fraction of sp³-hybridized carbons (Fsp3) is 0.562. The summed E-state index contributed by atoms with van der Waals surface area (Å²) in [6.07, 6.45) is 0.674. The number of hydrogen-bond acceptors (Lipinski definition) is 4. The molecule has 0 saturated carbocycles. The zero-order valence-electron chi connectivity index (χ0n) is 13.3. The minimum Gasteiger partial charge on any atom is -0.401 e. The van der Waals surface area contributed by atoms with Crippen LogP contribution in [0.2, 0.25) is 0 Å². The normalized spacial score (nSPS) is 30.1. The largest absolute Gasteiger partial charge is 0.508 e. The maximum Gasteiger partial charge on any atom is 0.508 e. The van der Waals surface area contributed by atoms with Crippen molar-refractivity contribution in [1.82, 2.24) is 0 Å². The van der Waals surface area contributed by atoms with E-state index in [-0.39, 0.29) is 11.2 Å². The molecule has 1 fully saturated rings. The second kappa shape index (κ2) is 4.58. The van der Waals surface area contributed by atoms with Gasteiger partial charge in [-0.05, 0) is 40.2 Å². The summed E-state index contributed by atoms with van der Waals surface area (Å²) in [4.78, 5) is 5.72. The molecule has 1 atom stereocenters. The monoisotopic (exact) mass is 287 g/mol. The van der Waals surface area contributed by atoms with E-state index in [2.05, 4.69) is 5.16 Å². The molecule has 0 radical (unpaired) electrons. The van der Waals surface area contributed by atoms with Gasteiger partial charge in [0.15, 0.2) is 5.50 Å². The van der Waals surface area contributed by atoms with E-state index >= 15 is 0 Å². The highest BCUT2D eigenvalue weighted by atomic mass is 16.7. The van der Waals surface area contributed by atoms with E-state index in [0.29, 0.717) is 6.42 Å². The molecular weight excluding hydrogens is 265 g/mol. The average Bonchev–Trinajstić information content (AvgIpc) is 2.91. The van der Waals surface area contributed by atoms with Crippen LogP contribution in [0.25, 0.3) is 0 Å². The minimum absolute atomic E-state index is 0.362. The Morgan fingerprint density at radius 2 is 1.52 bits per heavy atom. The number of oxime groups is 1. The summed E-state index contributed by atoms with van der Waals surface area (Å²) in [7, 11) is -0.424. The maximum absolute atomic E-state index is 6.11. The van der Waals surface area contributed by atoms with Crippen molar-refractivity contribution in [2.75, 3.05) is 0 Å². The molecule has 3 rings (SSSR count). The lowest BCUT2D eigenvalue weighted by Crippen LogP contribution is -2.46. The molecule has 1 saturated heterocycles. The van der Waals surface area contributed by atoms with Crippen molar-refractivity contribution in [3.05, 3.63) is 35.9 Å². The van der Waals surface area contributed by atoms with Crippen LogP contribution >= 0.6 is 0 Å². The number of rotatable bonds is 2. The SMILES string of the molecule is CC1(B2OC(C)(C)C(C)(C)O2)CC(c2ccccc2)=NO1. The number of nitrogens with zero attached hydrogens (tertiary/aromatic N) is 1. The first-order valence-corrected chi connectivity index (χ1v) is 7.40. The van der Waals surface area contributed by atoms with Crippen LogP contribution in [0.1, 0.15) is 46.6 Å². The van der Waals surface area contributed by atoms with E-state index in [0.717, 1.165) is 11.3 Å². The third-order valence-electron chi connectivity index (χ3n) is 4.74. The third-order valence-corrected chi connectivity index (χ3v) is 4.74. The van der Waals surface area contributed by atoms with Crippen molar-refractivity contribution in [1.29, 1.82) is 0 Å². The average molecular weight is 287 g/mol. The predicted octanol–water partition coefficient (Wildman–Crippen LogP) is 3.20. The van der Waals surface area contributed by atoms with E-state index in [4.69, 9.17) is 14.1 Å². The quantitative estimate of drug-likeness (QED) is 0.784. The Morgan fingerprint density at radius 1 is 0.952 bits per heavy atom. The Labute approximate surface area is 126 Å². The van der Waals surface area contributed by atoms with Crippen molar-refractivity contribution in [3.63, 3.8) is 0 Å². The zero-order chi connectivity index (χ0) is 15.3. The smallest absolute Gasteiger partial charge is 0.401 e. The van der Waals surface area contributed by atoms with Crippen LogP contribution in [0.4, 0.5) is 0 Å². The molecule has 4 nitrogen and oxygen atoms in total. The fourth-order valence-corrected chi connectivity index (χ4v) is 2.56. The molecule has 2 heterocycles. The zero-order valence-corrected chi connectivity index (χ0v) is 13.3. The lowest BCUT2D eigenvalue weighted by atomic mass is 9.65. The first kappa shape index (κ1) is 14.6. The first-order chi connectivity index (χ1) is 9.74. The molecule has 2 aliphatic rings. The van der Waals surface area contributed by atoms with Gasteiger partial charge in [0, 0.05) is 6.42 Å². The Kier molecular flexibility index (Phi) is 3.19. The molecule has 0 amide bonds. The van der Waals surface area contributed by atoms with Crippen molar-refractivity contribution in [3.8, 4) is 0 Å². The van der Waals surface area contributed by atoms with Crippen LogP contribution in [-0.4, -0.2) is 29.5 Å². The Bertz CT molecular complexity index is 554. The molecule has 0 bridgehead atoms. The van der Waals surface area contributed by atoms with Crippen molar-refractivity contribution in [2.45, 2.75) is 57.7 Å². The van der Waals surface area contributed by atoms with Gasteiger partial charge >= 0.3 is 7.12 Å². The van der Waals surface area contributed by atoms with Gasteiger partial charge in [0.25, 0.3) is 0 Å². The van der Waals surface area contributed by atoms with Gasteiger partial charge in [0.2, 0.25) is 0 Å². The molecule has 1 aromatic carbocycles. The molecule has 0 N–H and O–H groups in total. The van der Waals surface area contributed by atoms with E-state index in [1.807, 2.05) is 65.0 Å². The molecule has 1 aromatic rings. The summed E-state index contributed by atoms with van der Waals surface area (Å²) in [5.74, 6) is 0. The van der Waals surface area contributed by atoms with Gasteiger partial charge in [0.05, 0.1) is 16.9 Å². The summed E-state index contributed by atoms with van der Waals surface area (Å²) in [6.45, 7) is 10.2. The summed E-state index contributed by atoms with van der Waals surface area (Å²) in [5.41, 5.74) is 0.709. The lowest BCUT2D eigenvalue weighted by molar-refractivity contribution is 0.00578. The lowest BCUT2D eigenvalue weighted by Gasteiger charge is -2.32. The third kappa shape index (κ3) is 2.38. The molecule has 21 heavy (non-hydrogen) atoms. The van der Waals surface area contributed by atoms with E-state index in [1.54, 1.807) is 0 Å². The van der Waals surface area contributed by atoms with E-state index < -0.39 is 12.6 Å². The van der Waals surface area contributed by atoms with Crippen LogP contribution in [0.3, 0.4) is 0 Å². The van der Waals surface area contributed by atoms with Gasteiger partial charge in [-0.3, -0.25) is 0 Å². The molecule has 2 aliphatic heterocycles. The highest BCUT2D eigenvalue weighted by Crippen LogP contribution is 2.43. The van der Waals surface area contributed by atoms with Crippen LogP contribution < -0.4 is 0 Å². The van der Waals surface area contributed by atoms with Crippen LogP contribution in [0.5, 0.6) is 0 Å². The molecular formula is C16H22BNO3. The molecule has 112 valence electrons. The Balaban J connectivity index is 1.77. The molecule has 5 heteroatoms. The summed E-state index contributed by atoms with van der Waals surface area (Å²) in [5, 5.41) is 4.26. The van der Waals surface area contributed by atoms with E-state index in [9.17, 15) is 0 Å². The highest BCUT2D eigenvalue weighted by Gasteiger charge is 2.61. The number of hydrogen-bond donors (Lipinski definition) is 0. The number of benzene rings is 1. The van der Waals surface area contributed by atoms with Crippen molar-refractivity contribution < 1.29 is 14.1 Å². The fourth-order valence-electron chi connectivity index (χ4n) is 2.56.